The molecule has 1 aliphatic rings. The van der Waals surface area contributed by atoms with Gasteiger partial charge in [-0.15, -0.1) is 0 Å². The molecule has 1 aromatic carbocycles. The first-order valence-corrected chi connectivity index (χ1v) is 7.95. The van der Waals surface area contributed by atoms with Crippen molar-refractivity contribution in [2.75, 3.05) is 6.54 Å². The second-order valence-corrected chi connectivity index (χ2v) is 6.66. The van der Waals surface area contributed by atoms with Crippen LogP contribution in [0.2, 0.25) is 0 Å². The molecule has 1 saturated carbocycles. The number of aryl methyl sites for hydroxylation is 1. The van der Waals surface area contributed by atoms with Gasteiger partial charge in [0.25, 0.3) is 5.91 Å². The van der Waals surface area contributed by atoms with Crippen LogP contribution in [-0.2, 0) is 10.0 Å². The minimum atomic E-state index is -3.98. The third-order valence-electron chi connectivity index (χ3n) is 3.35. The number of carbonyl (C=O) groups excluding carboxylic acids is 1. The Kier molecular flexibility index (Phi) is 4.10. The molecular formula is C13H17FN2O3S. The van der Waals surface area contributed by atoms with Crippen LogP contribution in [0.25, 0.3) is 0 Å². The van der Waals surface area contributed by atoms with Crippen molar-refractivity contribution >= 4 is 15.9 Å². The zero-order valence-corrected chi connectivity index (χ0v) is 12.0. The van der Waals surface area contributed by atoms with Gasteiger partial charge < -0.3 is 5.32 Å². The van der Waals surface area contributed by atoms with Gasteiger partial charge in [-0.25, -0.2) is 17.9 Å². The van der Waals surface area contributed by atoms with Crippen molar-refractivity contribution in [3.05, 3.63) is 29.1 Å². The lowest BCUT2D eigenvalue weighted by Crippen LogP contribution is -2.26. The number of hydrogen-bond acceptors (Lipinski definition) is 3. The van der Waals surface area contributed by atoms with Crippen LogP contribution >= 0.6 is 0 Å². The third kappa shape index (κ3) is 3.55. The van der Waals surface area contributed by atoms with Crippen molar-refractivity contribution in [1.29, 1.82) is 0 Å². The van der Waals surface area contributed by atoms with Crippen LogP contribution in [0, 0.1) is 18.7 Å². The number of halogens is 1. The summed E-state index contributed by atoms with van der Waals surface area (Å²) in [4.78, 5) is 11.6. The Balaban J connectivity index is 2.19. The van der Waals surface area contributed by atoms with Crippen molar-refractivity contribution in [1.82, 2.24) is 5.32 Å². The SMILES string of the molecule is Cc1cc(F)c(C(=O)NCCC2CC2)cc1S(N)(=O)=O. The van der Waals surface area contributed by atoms with Crippen molar-refractivity contribution in [3.63, 3.8) is 0 Å². The van der Waals surface area contributed by atoms with Gasteiger partial charge in [-0.2, -0.15) is 0 Å². The van der Waals surface area contributed by atoms with Crippen LogP contribution in [0.3, 0.4) is 0 Å². The highest BCUT2D eigenvalue weighted by molar-refractivity contribution is 7.89. The molecule has 1 fully saturated rings. The monoisotopic (exact) mass is 300 g/mol. The molecule has 3 N–H and O–H groups in total. The molecule has 0 unspecified atom stereocenters. The number of carbonyl (C=O) groups is 1. The Labute approximate surface area is 117 Å². The molecule has 2 rings (SSSR count). The number of benzene rings is 1. The Morgan fingerprint density at radius 1 is 1.45 bits per heavy atom. The first-order valence-electron chi connectivity index (χ1n) is 6.40. The average Bonchev–Trinajstić information content (AvgIpc) is 3.11. The largest absolute Gasteiger partial charge is 0.352 e. The molecule has 110 valence electrons. The van der Waals surface area contributed by atoms with Gasteiger partial charge in [-0.1, -0.05) is 12.8 Å². The minimum absolute atomic E-state index is 0.180. The summed E-state index contributed by atoms with van der Waals surface area (Å²) in [7, 11) is -3.98. The maximum atomic E-state index is 13.8. The van der Waals surface area contributed by atoms with E-state index in [-0.39, 0.29) is 16.0 Å². The Bertz CT molecular complexity index is 639. The van der Waals surface area contributed by atoms with Crippen LogP contribution in [0.4, 0.5) is 4.39 Å². The van der Waals surface area contributed by atoms with E-state index in [1.807, 2.05) is 0 Å². The predicted molar refractivity (Wildman–Crippen MR) is 72.2 cm³/mol. The summed E-state index contributed by atoms with van der Waals surface area (Å²) in [5, 5.41) is 7.64. The highest BCUT2D eigenvalue weighted by Gasteiger charge is 2.22. The zero-order valence-electron chi connectivity index (χ0n) is 11.1. The predicted octanol–water partition coefficient (Wildman–Crippen LogP) is 1.31. The lowest BCUT2D eigenvalue weighted by Gasteiger charge is -2.09. The highest BCUT2D eigenvalue weighted by Crippen LogP contribution is 2.31. The molecule has 0 saturated heterocycles. The lowest BCUT2D eigenvalue weighted by atomic mass is 10.1. The van der Waals surface area contributed by atoms with E-state index in [4.69, 9.17) is 5.14 Å². The maximum absolute atomic E-state index is 13.8. The van der Waals surface area contributed by atoms with Crippen molar-refractivity contribution in [3.8, 4) is 0 Å². The van der Waals surface area contributed by atoms with E-state index in [0.717, 1.165) is 18.6 Å². The smallest absolute Gasteiger partial charge is 0.254 e. The molecule has 20 heavy (non-hydrogen) atoms. The second-order valence-electron chi connectivity index (χ2n) is 5.13. The Hall–Kier alpha value is -1.47. The summed E-state index contributed by atoms with van der Waals surface area (Å²) in [6.07, 6.45) is 3.20. The average molecular weight is 300 g/mol. The molecule has 0 aliphatic heterocycles. The van der Waals surface area contributed by atoms with Gasteiger partial charge >= 0.3 is 0 Å². The minimum Gasteiger partial charge on any atom is -0.352 e. The molecule has 5 nitrogen and oxygen atoms in total. The first kappa shape index (κ1) is 14.9. The Morgan fingerprint density at radius 3 is 2.65 bits per heavy atom. The zero-order chi connectivity index (χ0) is 14.9. The molecule has 0 radical (unpaired) electrons. The van der Waals surface area contributed by atoms with E-state index in [9.17, 15) is 17.6 Å². The topological polar surface area (TPSA) is 89.3 Å². The van der Waals surface area contributed by atoms with Gasteiger partial charge in [-0.05, 0) is 37.0 Å². The normalized spacial score (nSPS) is 15.2. The van der Waals surface area contributed by atoms with Crippen LogP contribution in [0.15, 0.2) is 17.0 Å². The fraction of sp³-hybridized carbons (Fsp3) is 0.462. The van der Waals surface area contributed by atoms with E-state index >= 15 is 0 Å². The second kappa shape index (κ2) is 5.49. The standard InChI is InChI=1S/C13H17FN2O3S/c1-8-6-11(14)10(7-12(8)20(15,18)19)13(17)16-5-4-9-2-3-9/h6-7,9H,2-5H2,1H3,(H,16,17)(H2,15,18,19). The van der Waals surface area contributed by atoms with Crippen LogP contribution in [0.1, 0.15) is 35.2 Å². The van der Waals surface area contributed by atoms with Gasteiger partial charge in [0.15, 0.2) is 0 Å². The number of nitrogens with two attached hydrogens (primary N) is 1. The fourth-order valence-corrected chi connectivity index (χ4v) is 2.81. The van der Waals surface area contributed by atoms with Crippen molar-refractivity contribution in [2.45, 2.75) is 31.1 Å². The highest BCUT2D eigenvalue weighted by atomic mass is 32.2. The summed E-state index contributed by atoms with van der Waals surface area (Å²) in [6, 6.07) is 2.00. The molecule has 0 bridgehead atoms. The van der Waals surface area contributed by atoms with E-state index in [2.05, 4.69) is 5.32 Å². The van der Waals surface area contributed by atoms with Crippen LogP contribution in [-0.4, -0.2) is 20.9 Å². The fourth-order valence-electron chi connectivity index (χ4n) is 2.02. The number of rotatable bonds is 5. The van der Waals surface area contributed by atoms with Crippen LogP contribution in [0.5, 0.6) is 0 Å². The van der Waals surface area contributed by atoms with Gasteiger partial charge in [-0.3, -0.25) is 4.79 Å². The van der Waals surface area contributed by atoms with Crippen molar-refractivity contribution in [2.24, 2.45) is 11.1 Å². The molecule has 0 atom stereocenters. The first-order chi connectivity index (χ1) is 9.29. The van der Waals surface area contributed by atoms with Gasteiger partial charge in [0.2, 0.25) is 10.0 Å². The molecule has 0 spiro atoms. The third-order valence-corrected chi connectivity index (χ3v) is 4.40. The van der Waals surface area contributed by atoms with E-state index in [1.165, 1.54) is 19.8 Å². The molecule has 0 aromatic heterocycles. The molecule has 0 heterocycles. The number of nitrogens with one attached hydrogen (secondary N) is 1. The van der Waals surface area contributed by atoms with Gasteiger partial charge in [0.1, 0.15) is 5.82 Å². The van der Waals surface area contributed by atoms with Gasteiger partial charge in [0, 0.05) is 6.54 Å². The summed E-state index contributed by atoms with van der Waals surface area (Å²) >= 11 is 0. The summed E-state index contributed by atoms with van der Waals surface area (Å²) < 4.78 is 36.5. The van der Waals surface area contributed by atoms with Gasteiger partial charge in [0.05, 0.1) is 10.5 Å². The van der Waals surface area contributed by atoms with E-state index in [1.54, 1.807) is 0 Å². The molecule has 1 aromatic rings. The molecule has 1 aliphatic carbocycles. The van der Waals surface area contributed by atoms with E-state index < -0.39 is 21.7 Å². The number of amides is 1. The molecule has 1 amide bonds. The summed E-state index contributed by atoms with van der Waals surface area (Å²) in [5.41, 5.74) is -0.116. The quantitative estimate of drug-likeness (QED) is 0.859. The Morgan fingerprint density at radius 2 is 2.10 bits per heavy atom. The number of sulfonamides is 1. The van der Waals surface area contributed by atoms with Crippen LogP contribution < -0.4 is 10.5 Å². The summed E-state index contributed by atoms with van der Waals surface area (Å²) in [5.74, 6) is -0.718. The van der Waals surface area contributed by atoms with Crippen molar-refractivity contribution < 1.29 is 17.6 Å². The maximum Gasteiger partial charge on any atom is 0.254 e. The molecule has 7 heteroatoms. The summed E-state index contributed by atoms with van der Waals surface area (Å²) in [6.45, 7) is 1.89. The van der Waals surface area contributed by atoms with E-state index in [0.29, 0.717) is 12.5 Å². The lowest BCUT2D eigenvalue weighted by molar-refractivity contribution is 0.0948. The number of hydrogen-bond donors (Lipinski definition) is 2. The number of primary sulfonamides is 1. The molecular weight excluding hydrogens is 283 g/mol.